The van der Waals surface area contributed by atoms with Gasteiger partial charge in [-0.15, -0.1) is 0 Å². The zero-order chi connectivity index (χ0) is 17.2. The molecule has 1 saturated heterocycles. The van der Waals surface area contributed by atoms with Crippen molar-refractivity contribution in [2.24, 2.45) is 10.9 Å². The van der Waals surface area contributed by atoms with E-state index in [0.29, 0.717) is 37.1 Å². The maximum Gasteiger partial charge on any atom is 0.241 e. The lowest BCUT2D eigenvalue weighted by atomic mass is 10.1. The van der Waals surface area contributed by atoms with Gasteiger partial charge in [-0.05, 0) is 26.7 Å². The number of nitrogens with zero attached hydrogens (tertiary/aromatic N) is 2. The standard InChI is InChI=1S/C16H33N5O2/c1-6-17-16(19-9-15(22)18-7-8-23-5)20-14-11-21(12(2)3)10-13(14)4/h12-14H,6-11H2,1-5H3,(H,18,22)(H2,17,19,20). The number of aliphatic imine (C=N–C) groups is 1. The van der Waals surface area contributed by atoms with E-state index < -0.39 is 0 Å². The van der Waals surface area contributed by atoms with Gasteiger partial charge in [-0.2, -0.15) is 0 Å². The number of rotatable bonds is 8. The molecular formula is C16H33N5O2. The van der Waals surface area contributed by atoms with Gasteiger partial charge in [0.25, 0.3) is 0 Å². The summed E-state index contributed by atoms with van der Waals surface area (Å²) in [5, 5.41) is 9.45. The summed E-state index contributed by atoms with van der Waals surface area (Å²) >= 11 is 0. The zero-order valence-corrected chi connectivity index (χ0v) is 15.2. The van der Waals surface area contributed by atoms with Crippen molar-refractivity contribution in [3.05, 3.63) is 0 Å². The van der Waals surface area contributed by atoms with E-state index in [1.165, 1.54) is 0 Å². The Bertz CT molecular complexity index is 387. The largest absolute Gasteiger partial charge is 0.383 e. The summed E-state index contributed by atoms with van der Waals surface area (Å²) in [6.07, 6.45) is 0. The first-order valence-electron chi connectivity index (χ1n) is 8.52. The van der Waals surface area contributed by atoms with Crippen molar-refractivity contribution in [3.8, 4) is 0 Å². The van der Waals surface area contributed by atoms with E-state index in [4.69, 9.17) is 4.74 Å². The number of carbonyl (C=O) groups excluding carboxylic acids is 1. The molecule has 23 heavy (non-hydrogen) atoms. The number of likely N-dealkylation sites (tertiary alicyclic amines) is 1. The highest BCUT2D eigenvalue weighted by Gasteiger charge is 2.31. The van der Waals surface area contributed by atoms with Crippen molar-refractivity contribution in [1.82, 2.24) is 20.9 Å². The second-order valence-corrected chi connectivity index (χ2v) is 6.31. The Morgan fingerprint density at radius 2 is 2.09 bits per heavy atom. The summed E-state index contributed by atoms with van der Waals surface area (Å²) < 4.78 is 4.91. The van der Waals surface area contributed by atoms with Crippen LogP contribution in [0.15, 0.2) is 4.99 Å². The molecule has 7 heteroatoms. The second kappa shape index (κ2) is 10.4. The topological polar surface area (TPSA) is 78.0 Å². The molecule has 3 N–H and O–H groups in total. The van der Waals surface area contributed by atoms with Gasteiger partial charge < -0.3 is 20.7 Å². The highest BCUT2D eigenvalue weighted by atomic mass is 16.5. The van der Waals surface area contributed by atoms with Crippen molar-refractivity contribution in [3.63, 3.8) is 0 Å². The Hall–Kier alpha value is -1.34. The van der Waals surface area contributed by atoms with Crippen molar-refractivity contribution in [2.45, 2.75) is 39.8 Å². The molecule has 0 radical (unpaired) electrons. The normalized spacial score (nSPS) is 22.4. The summed E-state index contributed by atoms with van der Waals surface area (Å²) in [5.41, 5.74) is 0. The van der Waals surface area contributed by atoms with Gasteiger partial charge >= 0.3 is 0 Å². The molecule has 0 saturated carbocycles. The minimum atomic E-state index is -0.0949. The Morgan fingerprint density at radius 1 is 1.35 bits per heavy atom. The van der Waals surface area contributed by atoms with E-state index in [9.17, 15) is 4.79 Å². The number of ether oxygens (including phenoxy) is 1. The Morgan fingerprint density at radius 3 is 2.65 bits per heavy atom. The molecule has 134 valence electrons. The smallest absolute Gasteiger partial charge is 0.241 e. The van der Waals surface area contributed by atoms with Crippen molar-refractivity contribution >= 4 is 11.9 Å². The van der Waals surface area contributed by atoms with Crippen LogP contribution in [0.3, 0.4) is 0 Å². The molecule has 0 aromatic rings. The molecule has 0 spiro atoms. The van der Waals surface area contributed by atoms with Crippen LogP contribution in [-0.2, 0) is 9.53 Å². The second-order valence-electron chi connectivity index (χ2n) is 6.31. The average Bonchev–Trinajstić information content (AvgIpc) is 2.87. The lowest BCUT2D eigenvalue weighted by Crippen LogP contribution is -2.47. The number of hydrogen-bond donors (Lipinski definition) is 3. The molecule has 0 aromatic carbocycles. The number of amides is 1. The van der Waals surface area contributed by atoms with Crippen molar-refractivity contribution in [2.75, 3.05) is 46.4 Å². The SMILES string of the molecule is CCNC(=NCC(=O)NCCOC)NC1CN(C(C)C)CC1C. The lowest BCUT2D eigenvalue weighted by molar-refractivity contribution is -0.119. The lowest BCUT2D eigenvalue weighted by Gasteiger charge is -2.21. The van der Waals surface area contributed by atoms with E-state index in [-0.39, 0.29) is 12.5 Å². The molecule has 2 atom stereocenters. The van der Waals surface area contributed by atoms with Gasteiger partial charge in [0.1, 0.15) is 6.54 Å². The molecule has 1 aliphatic rings. The quantitative estimate of drug-likeness (QED) is 0.333. The van der Waals surface area contributed by atoms with Gasteiger partial charge in [0.15, 0.2) is 5.96 Å². The van der Waals surface area contributed by atoms with E-state index >= 15 is 0 Å². The number of hydrogen-bond acceptors (Lipinski definition) is 4. The molecule has 1 aliphatic heterocycles. The monoisotopic (exact) mass is 327 g/mol. The van der Waals surface area contributed by atoms with Gasteiger partial charge in [-0.3, -0.25) is 9.69 Å². The average molecular weight is 327 g/mol. The van der Waals surface area contributed by atoms with Crippen LogP contribution in [0.1, 0.15) is 27.7 Å². The third-order valence-electron chi connectivity index (χ3n) is 4.05. The zero-order valence-electron chi connectivity index (χ0n) is 15.2. The van der Waals surface area contributed by atoms with E-state index in [1.54, 1.807) is 7.11 Å². The number of methoxy groups -OCH3 is 1. The first kappa shape index (κ1) is 19.7. The van der Waals surface area contributed by atoms with Crippen LogP contribution in [-0.4, -0.2) is 75.3 Å². The van der Waals surface area contributed by atoms with E-state index in [2.05, 4.69) is 46.6 Å². The van der Waals surface area contributed by atoms with Crippen LogP contribution < -0.4 is 16.0 Å². The predicted molar refractivity (Wildman–Crippen MR) is 93.7 cm³/mol. The first-order valence-corrected chi connectivity index (χ1v) is 8.52. The minimum absolute atomic E-state index is 0.0949. The molecule has 1 amide bonds. The predicted octanol–water partition coefficient (Wildman–Crippen LogP) is 0.0328. The molecule has 0 bridgehead atoms. The molecule has 0 aromatic heterocycles. The third kappa shape index (κ3) is 7.18. The Labute approximate surface area is 140 Å². The summed E-state index contributed by atoms with van der Waals surface area (Å²) in [4.78, 5) is 18.6. The van der Waals surface area contributed by atoms with Crippen LogP contribution in [0.4, 0.5) is 0 Å². The van der Waals surface area contributed by atoms with Gasteiger partial charge in [-0.1, -0.05) is 6.92 Å². The molecule has 1 fully saturated rings. The van der Waals surface area contributed by atoms with Gasteiger partial charge in [0, 0.05) is 45.4 Å². The molecule has 7 nitrogen and oxygen atoms in total. The first-order chi connectivity index (χ1) is 11.0. The fraction of sp³-hybridized carbons (Fsp3) is 0.875. The number of nitrogens with one attached hydrogen (secondary N) is 3. The minimum Gasteiger partial charge on any atom is -0.383 e. The molecule has 1 rings (SSSR count). The number of guanidine groups is 1. The molecular weight excluding hydrogens is 294 g/mol. The summed E-state index contributed by atoms with van der Waals surface area (Å²) in [6.45, 7) is 12.7. The van der Waals surface area contributed by atoms with Crippen LogP contribution in [0.5, 0.6) is 0 Å². The molecule has 2 unspecified atom stereocenters. The van der Waals surface area contributed by atoms with Crippen LogP contribution in [0, 0.1) is 5.92 Å². The molecule has 1 heterocycles. The van der Waals surface area contributed by atoms with Crippen LogP contribution in [0.2, 0.25) is 0 Å². The van der Waals surface area contributed by atoms with Crippen LogP contribution >= 0.6 is 0 Å². The van der Waals surface area contributed by atoms with Crippen molar-refractivity contribution in [1.29, 1.82) is 0 Å². The summed E-state index contributed by atoms with van der Waals surface area (Å²) in [5.74, 6) is 1.16. The molecule has 0 aliphatic carbocycles. The highest BCUT2D eigenvalue weighted by molar-refractivity contribution is 5.85. The van der Waals surface area contributed by atoms with E-state index in [0.717, 1.165) is 19.6 Å². The summed E-state index contributed by atoms with van der Waals surface area (Å²) in [7, 11) is 1.61. The summed E-state index contributed by atoms with van der Waals surface area (Å²) in [6, 6.07) is 0.905. The Kier molecular flexibility index (Phi) is 8.94. The maximum absolute atomic E-state index is 11.7. The van der Waals surface area contributed by atoms with Gasteiger partial charge in [0.05, 0.1) is 6.61 Å². The van der Waals surface area contributed by atoms with Crippen LogP contribution in [0.25, 0.3) is 0 Å². The number of carbonyl (C=O) groups is 1. The maximum atomic E-state index is 11.7. The fourth-order valence-corrected chi connectivity index (χ4v) is 2.61. The Balaban J connectivity index is 2.50. The van der Waals surface area contributed by atoms with Gasteiger partial charge in [-0.25, -0.2) is 4.99 Å². The van der Waals surface area contributed by atoms with E-state index in [1.807, 2.05) is 6.92 Å². The van der Waals surface area contributed by atoms with Crippen molar-refractivity contribution < 1.29 is 9.53 Å². The fourth-order valence-electron chi connectivity index (χ4n) is 2.61. The van der Waals surface area contributed by atoms with Gasteiger partial charge in [0.2, 0.25) is 5.91 Å². The third-order valence-corrected chi connectivity index (χ3v) is 4.05. The highest BCUT2D eigenvalue weighted by Crippen LogP contribution is 2.18.